The quantitative estimate of drug-likeness (QED) is 0.553. The second kappa shape index (κ2) is 9.09. The molecule has 0 radical (unpaired) electrons. The molecule has 0 unspecified atom stereocenters. The van der Waals surface area contributed by atoms with Crippen LogP contribution in [0.25, 0.3) is 0 Å². The number of rotatable bonds is 9. The third-order valence-corrected chi connectivity index (χ3v) is 2.71. The minimum atomic E-state index is -0.171. The van der Waals surface area contributed by atoms with Crippen molar-refractivity contribution in [1.29, 1.82) is 0 Å². The smallest absolute Gasteiger partial charge is 0.257 e. The summed E-state index contributed by atoms with van der Waals surface area (Å²) in [5.41, 5.74) is 0.656. The van der Waals surface area contributed by atoms with Gasteiger partial charge in [-0.1, -0.05) is 6.92 Å². The summed E-state index contributed by atoms with van der Waals surface area (Å²) < 4.78 is 10.2. The van der Waals surface area contributed by atoms with Crippen molar-refractivity contribution in [3.8, 4) is 5.75 Å². The lowest BCUT2D eigenvalue weighted by Gasteiger charge is -2.07. The van der Waals surface area contributed by atoms with E-state index in [1.165, 1.54) is 0 Å². The van der Waals surface area contributed by atoms with E-state index in [0.717, 1.165) is 6.42 Å². The van der Waals surface area contributed by atoms with E-state index in [1.54, 1.807) is 31.4 Å². The number of carbonyl (C=O) groups is 2. The Hall–Kier alpha value is -1.88. The number of Topliss-reactive ketones (excluding diaryl/α,β-unsaturated/α-hetero) is 1. The number of ketones is 1. The molecule has 1 aromatic carbocycles. The van der Waals surface area contributed by atoms with Crippen molar-refractivity contribution in [2.24, 2.45) is 0 Å². The molecule has 20 heavy (non-hydrogen) atoms. The molecule has 0 fully saturated rings. The van der Waals surface area contributed by atoms with Gasteiger partial charge in [-0.2, -0.15) is 0 Å². The molecule has 1 N–H and O–H groups in total. The number of ether oxygens (including phenoxy) is 2. The van der Waals surface area contributed by atoms with Crippen LogP contribution in [0.4, 0.5) is 0 Å². The fraction of sp³-hybridized carbons (Fsp3) is 0.467. The van der Waals surface area contributed by atoms with Gasteiger partial charge < -0.3 is 14.8 Å². The van der Waals surface area contributed by atoms with Crippen LogP contribution in [0.1, 0.15) is 30.1 Å². The number of benzene rings is 1. The summed E-state index contributed by atoms with van der Waals surface area (Å²) in [6.07, 6.45) is 1.25. The highest BCUT2D eigenvalue weighted by atomic mass is 16.5. The monoisotopic (exact) mass is 279 g/mol. The van der Waals surface area contributed by atoms with Crippen molar-refractivity contribution in [3.05, 3.63) is 29.8 Å². The molecule has 110 valence electrons. The van der Waals surface area contributed by atoms with E-state index in [4.69, 9.17) is 9.47 Å². The Kier molecular flexibility index (Phi) is 7.35. The molecule has 5 heteroatoms. The number of hydrogen-bond acceptors (Lipinski definition) is 4. The van der Waals surface area contributed by atoms with Crippen LogP contribution in [0, 0.1) is 0 Å². The van der Waals surface area contributed by atoms with Crippen LogP contribution >= 0.6 is 0 Å². The molecular formula is C15H21NO4. The molecule has 1 rings (SSSR count). The van der Waals surface area contributed by atoms with E-state index in [2.05, 4.69) is 5.32 Å². The largest absolute Gasteiger partial charge is 0.484 e. The van der Waals surface area contributed by atoms with Gasteiger partial charge in [0.2, 0.25) is 0 Å². The SMILES string of the molecule is CCC(=O)c1ccc(OCC(=O)NCCCOC)cc1. The van der Waals surface area contributed by atoms with E-state index < -0.39 is 0 Å². The molecule has 0 spiro atoms. The average molecular weight is 279 g/mol. The number of nitrogens with one attached hydrogen (secondary N) is 1. The van der Waals surface area contributed by atoms with Gasteiger partial charge in [0.15, 0.2) is 12.4 Å². The minimum Gasteiger partial charge on any atom is -0.484 e. The first-order valence-electron chi connectivity index (χ1n) is 6.69. The predicted octanol–water partition coefficient (Wildman–Crippen LogP) is 1.81. The molecular weight excluding hydrogens is 258 g/mol. The average Bonchev–Trinajstić information content (AvgIpc) is 2.49. The molecule has 0 aliphatic heterocycles. The van der Waals surface area contributed by atoms with Crippen molar-refractivity contribution in [2.75, 3.05) is 26.9 Å². The van der Waals surface area contributed by atoms with E-state index in [-0.39, 0.29) is 18.3 Å². The topological polar surface area (TPSA) is 64.6 Å². The Labute approximate surface area is 119 Å². The summed E-state index contributed by atoms with van der Waals surface area (Å²) in [4.78, 5) is 22.9. The Morgan fingerprint density at radius 3 is 2.50 bits per heavy atom. The first-order chi connectivity index (χ1) is 9.67. The van der Waals surface area contributed by atoms with E-state index in [1.807, 2.05) is 6.92 Å². The van der Waals surface area contributed by atoms with Crippen LogP contribution < -0.4 is 10.1 Å². The Morgan fingerprint density at radius 1 is 1.20 bits per heavy atom. The Balaban J connectivity index is 2.31. The summed E-state index contributed by atoms with van der Waals surface area (Å²) in [7, 11) is 1.62. The molecule has 0 bridgehead atoms. The molecule has 0 heterocycles. The molecule has 1 aromatic rings. The molecule has 0 saturated heterocycles. The molecule has 5 nitrogen and oxygen atoms in total. The fourth-order valence-corrected chi connectivity index (χ4v) is 1.59. The zero-order chi connectivity index (χ0) is 14.8. The van der Waals surface area contributed by atoms with Crippen molar-refractivity contribution >= 4 is 11.7 Å². The summed E-state index contributed by atoms with van der Waals surface area (Å²) in [5.74, 6) is 0.493. The standard InChI is InChI=1S/C15H21NO4/c1-3-14(17)12-5-7-13(8-6-12)20-11-15(18)16-9-4-10-19-2/h5-8H,3-4,9-11H2,1-2H3,(H,16,18). The summed E-state index contributed by atoms with van der Waals surface area (Å²) in [6.45, 7) is 2.97. The maximum atomic E-state index is 11.5. The van der Waals surface area contributed by atoms with E-state index >= 15 is 0 Å². The van der Waals surface area contributed by atoms with Crippen LogP contribution in [-0.4, -0.2) is 38.6 Å². The predicted molar refractivity (Wildman–Crippen MR) is 76.1 cm³/mol. The molecule has 1 amide bonds. The first kappa shape index (κ1) is 16.2. The highest BCUT2D eigenvalue weighted by Crippen LogP contribution is 2.13. The lowest BCUT2D eigenvalue weighted by Crippen LogP contribution is -2.30. The van der Waals surface area contributed by atoms with Crippen molar-refractivity contribution in [3.63, 3.8) is 0 Å². The third kappa shape index (κ3) is 5.84. The van der Waals surface area contributed by atoms with Gasteiger partial charge in [0.25, 0.3) is 5.91 Å². The lowest BCUT2D eigenvalue weighted by atomic mass is 10.1. The highest BCUT2D eigenvalue weighted by molar-refractivity contribution is 5.95. The minimum absolute atomic E-state index is 0.0337. The number of methoxy groups -OCH3 is 1. The molecule has 0 saturated carbocycles. The van der Waals surface area contributed by atoms with Gasteiger partial charge in [0.05, 0.1) is 0 Å². The number of carbonyl (C=O) groups excluding carboxylic acids is 2. The first-order valence-corrected chi connectivity index (χ1v) is 6.69. The fourth-order valence-electron chi connectivity index (χ4n) is 1.59. The van der Waals surface area contributed by atoms with Crippen LogP contribution in [0.2, 0.25) is 0 Å². The van der Waals surface area contributed by atoms with Crippen LogP contribution in [-0.2, 0) is 9.53 Å². The maximum absolute atomic E-state index is 11.5. The van der Waals surface area contributed by atoms with Gasteiger partial charge >= 0.3 is 0 Å². The van der Waals surface area contributed by atoms with Crippen LogP contribution in [0.15, 0.2) is 24.3 Å². The van der Waals surface area contributed by atoms with Gasteiger partial charge in [-0.3, -0.25) is 9.59 Å². The van der Waals surface area contributed by atoms with Crippen molar-refractivity contribution in [2.45, 2.75) is 19.8 Å². The Bertz CT molecular complexity index is 428. The summed E-state index contributed by atoms with van der Waals surface area (Å²) in [5, 5.41) is 2.73. The Morgan fingerprint density at radius 2 is 1.90 bits per heavy atom. The van der Waals surface area contributed by atoms with Gasteiger partial charge in [0.1, 0.15) is 5.75 Å². The molecule has 0 aliphatic carbocycles. The van der Waals surface area contributed by atoms with E-state index in [9.17, 15) is 9.59 Å². The molecule has 0 aromatic heterocycles. The van der Waals surface area contributed by atoms with E-state index in [0.29, 0.717) is 30.9 Å². The molecule has 0 atom stereocenters. The van der Waals surface area contributed by atoms with Gasteiger partial charge in [-0.25, -0.2) is 0 Å². The summed E-state index contributed by atoms with van der Waals surface area (Å²) >= 11 is 0. The zero-order valence-electron chi connectivity index (χ0n) is 12.0. The molecule has 0 aliphatic rings. The highest BCUT2D eigenvalue weighted by Gasteiger charge is 2.05. The second-order valence-electron chi connectivity index (χ2n) is 4.29. The van der Waals surface area contributed by atoms with Crippen LogP contribution in [0.5, 0.6) is 5.75 Å². The number of hydrogen-bond donors (Lipinski definition) is 1. The maximum Gasteiger partial charge on any atom is 0.257 e. The van der Waals surface area contributed by atoms with Gasteiger partial charge in [-0.05, 0) is 30.7 Å². The van der Waals surface area contributed by atoms with Gasteiger partial charge in [-0.15, -0.1) is 0 Å². The van der Waals surface area contributed by atoms with Crippen molar-refractivity contribution < 1.29 is 19.1 Å². The summed E-state index contributed by atoms with van der Waals surface area (Å²) in [6, 6.07) is 6.80. The van der Waals surface area contributed by atoms with Crippen molar-refractivity contribution in [1.82, 2.24) is 5.32 Å². The third-order valence-electron chi connectivity index (χ3n) is 2.71. The lowest BCUT2D eigenvalue weighted by molar-refractivity contribution is -0.123. The second-order valence-corrected chi connectivity index (χ2v) is 4.29. The van der Waals surface area contributed by atoms with Gasteiger partial charge in [0, 0.05) is 32.2 Å². The normalized spacial score (nSPS) is 10.1. The van der Waals surface area contributed by atoms with Crippen LogP contribution in [0.3, 0.4) is 0 Å². The number of amides is 1. The zero-order valence-corrected chi connectivity index (χ0v) is 12.0.